The minimum atomic E-state index is -0.484. The van der Waals surface area contributed by atoms with Gasteiger partial charge in [-0.15, -0.1) is 0 Å². The summed E-state index contributed by atoms with van der Waals surface area (Å²) < 4.78 is 0. The van der Waals surface area contributed by atoms with Crippen molar-refractivity contribution >= 4 is 11.9 Å². The lowest BCUT2D eigenvalue weighted by atomic mass is 9.96. The number of hydrogen-bond donors (Lipinski definition) is 0. The lowest BCUT2D eigenvalue weighted by Gasteiger charge is -2.27. The number of urea groups is 1. The zero-order valence-electron chi connectivity index (χ0n) is 12.2. The average molecular weight is 264 g/mol. The van der Waals surface area contributed by atoms with Crippen LogP contribution in [-0.4, -0.2) is 40.4 Å². The topological polar surface area (TPSA) is 40.6 Å². The molecule has 0 aromatic rings. The highest BCUT2D eigenvalue weighted by molar-refractivity contribution is 6.07. The first-order chi connectivity index (χ1) is 8.97. The number of carbonyl (C=O) groups is 2. The van der Waals surface area contributed by atoms with E-state index in [1.807, 2.05) is 7.05 Å². The monoisotopic (exact) mass is 264 g/mol. The first-order valence-electron chi connectivity index (χ1n) is 7.59. The molecule has 2 saturated carbocycles. The molecule has 2 aliphatic carbocycles. The fourth-order valence-electron chi connectivity index (χ4n) is 4.01. The number of carbonyl (C=O) groups excluding carboxylic acids is 2. The number of nitrogens with zero attached hydrogens (tertiary/aromatic N) is 2. The van der Waals surface area contributed by atoms with Crippen LogP contribution in [0.15, 0.2) is 0 Å². The van der Waals surface area contributed by atoms with Gasteiger partial charge in [0.2, 0.25) is 0 Å². The molecule has 106 valence electrons. The summed E-state index contributed by atoms with van der Waals surface area (Å²) in [6.07, 6.45) is 5.98. The first-order valence-corrected chi connectivity index (χ1v) is 7.59. The first kappa shape index (κ1) is 12.9. The van der Waals surface area contributed by atoms with Crippen molar-refractivity contribution in [3.05, 3.63) is 0 Å². The summed E-state index contributed by atoms with van der Waals surface area (Å²) in [6, 6.07) is 0.132. The van der Waals surface area contributed by atoms with Gasteiger partial charge in [-0.25, -0.2) is 4.79 Å². The fourth-order valence-corrected chi connectivity index (χ4v) is 4.01. The predicted octanol–water partition coefficient (Wildman–Crippen LogP) is 2.63. The van der Waals surface area contributed by atoms with Crippen molar-refractivity contribution in [2.45, 2.75) is 64.0 Å². The minimum Gasteiger partial charge on any atom is -0.313 e. The third kappa shape index (κ3) is 1.79. The molecule has 1 heterocycles. The molecule has 0 radical (unpaired) electrons. The lowest BCUT2D eigenvalue weighted by Crippen LogP contribution is -2.45. The third-order valence-electron chi connectivity index (χ3n) is 5.17. The van der Waals surface area contributed by atoms with E-state index in [0.717, 1.165) is 38.5 Å². The Bertz CT molecular complexity index is 412. The van der Waals surface area contributed by atoms with Gasteiger partial charge in [-0.2, -0.15) is 0 Å². The van der Waals surface area contributed by atoms with Gasteiger partial charge >= 0.3 is 6.03 Å². The van der Waals surface area contributed by atoms with E-state index in [-0.39, 0.29) is 18.0 Å². The molecular weight excluding hydrogens is 240 g/mol. The minimum absolute atomic E-state index is 0.0526. The third-order valence-corrected chi connectivity index (χ3v) is 5.17. The molecule has 4 nitrogen and oxygen atoms in total. The van der Waals surface area contributed by atoms with Gasteiger partial charge in [0.25, 0.3) is 5.91 Å². The molecule has 3 rings (SSSR count). The van der Waals surface area contributed by atoms with Crippen LogP contribution in [0.4, 0.5) is 4.79 Å². The standard InChI is InChI=1S/C15H24N2O2/c1-10(2)8-11-9-12(11)17-13(18)15(6-4-5-7-15)16(3)14(17)19/h10-12H,4-9H2,1-3H3/t11-,12-/m1/s1. The molecule has 0 aromatic carbocycles. The number of imide groups is 1. The Hall–Kier alpha value is -1.06. The number of rotatable bonds is 3. The zero-order chi connectivity index (χ0) is 13.8. The molecule has 1 saturated heterocycles. The Kier molecular flexibility index (Phi) is 2.88. The Labute approximate surface area is 115 Å². The summed E-state index contributed by atoms with van der Waals surface area (Å²) in [5.74, 6) is 1.27. The van der Waals surface area contributed by atoms with Crippen molar-refractivity contribution in [2.75, 3.05) is 7.05 Å². The molecule has 0 aromatic heterocycles. The molecule has 0 unspecified atom stereocenters. The van der Waals surface area contributed by atoms with Crippen LogP contribution in [0.25, 0.3) is 0 Å². The highest BCUT2D eigenvalue weighted by atomic mass is 16.2. The largest absolute Gasteiger partial charge is 0.327 e. The van der Waals surface area contributed by atoms with Crippen molar-refractivity contribution in [3.8, 4) is 0 Å². The molecule has 2 atom stereocenters. The van der Waals surface area contributed by atoms with Crippen LogP contribution in [0.3, 0.4) is 0 Å². The Morgan fingerprint density at radius 2 is 1.89 bits per heavy atom. The molecule has 3 fully saturated rings. The summed E-state index contributed by atoms with van der Waals surface area (Å²) in [5.41, 5.74) is -0.484. The van der Waals surface area contributed by atoms with Crippen molar-refractivity contribution in [2.24, 2.45) is 11.8 Å². The van der Waals surface area contributed by atoms with E-state index in [1.165, 1.54) is 0 Å². The van der Waals surface area contributed by atoms with Crippen LogP contribution in [0.1, 0.15) is 52.4 Å². The maximum absolute atomic E-state index is 12.7. The predicted molar refractivity (Wildman–Crippen MR) is 72.6 cm³/mol. The SMILES string of the molecule is CC(C)C[C@@H]1C[C@H]1N1C(=O)N(C)C2(CCCC2)C1=O. The van der Waals surface area contributed by atoms with Crippen molar-refractivity contribution < 1.29 is 9.59 Å². The van der Waals surface area contributed by atoms with E-state index in [4.69, 9.17) is 0 Å². The maximum atomic E-state index is 12.7. The molecule has 1 aliphatic heterocycles. The Balaban J connectivity index is 1.77. The van der Waals surface area contributed by atoms with E-state index in [1.54, 1.807) is 9.80 Å². The molecule has 0 N–H and O–H groups in total. The summed E-state index contributed by atoms with van der Waals surface area (Å²) in [4.78, 5) is 28.5. The smallest absolute Gasteiger partial charge is 0.313 e. The number of likely N-dealkylation sites (N-methyl/N-ethyl adjacent to an activating group) is 1. The molecule has 3 amide bonds. The highest BCUT2D eigenvalue weighted by Crippen LogP contribution is 2.48. The molecule has 1 spiro atoms. The molecule has 0 bridgehead atoms. The van der Waals surface area contributed by atoms with E-state index >= 15 is 0 Å². The number of amides is 3. The van der Waals surface area contributed by atoms with E-state index in [0.29, 0.717) is 11.8 Å². The van der Waals surface area contributed by atoms with E-state index in [9.17, 15) is 9.59 Å². The van der Waals surface area contributed by atoms with Gasteiger partial charge in [0, 0.05) is 13.1 Å². The molecule has 19 heavy (non-hydrogen) atoms. The summed E-state index contributed by atoms with van der Waals surface area (Å²) in [6.45, 7) is 4.40. The summed E-state index contributed by atoms with van der Waals surface area (Å²) in [7, 11) is 1.81. The number of hydrogen-bond acceptors (Lipinski definition) is 2. The van der Waals surface area contributed by atoms with Crippen LogP contribution in [0, 0.1) is 11.8 Å². The van der Waals surface area contributed by atoms with Crippen LogP contribution < -0.4 is 0 Å². The van der Waals surface area contributed by atoms with Crippen LogP contribution >= 0.6 is 0 Å². The van der Waals surface area contributed by atoms with Gasteiger partial charge in [-0.1, -0.05) is 26.7 Å². The van der Waals surface area contributed by atoms with Crippen LogP contribution in [0.2, 0.25) is 0 Å². The van der Waals surface area contributed by atoms with Crippen molar-refractivity contribution in [1.29, 1.82) is 0 Å². The summed E-state index contributed by atoms with van der Waals surface area (Å²) in [5, 5.41) is 0. The van der Waals surface area contributed by atoms with Crippen molar-refractivity contribution in [1.82, 2.24) is 9.80 Å². The van der Waals surface area contributed by atoms with Gasteiger partial charge in [0.1, 0.15) is 5.54 Å². The van der Waals surface area contributed by atoms with Crippen LogP contribution in [-0.2, 0) is 4.79 Å². The van der Waals surface area contributed by atoms with Gasteiger partial charge in [0.15, 0.2) is 0 Å². The second kappa shape index (κ2) is 4.22. The maximum Gasteiger partial charge on any atom is 0.327 e. The Morgan fingerprint density at radius 3 is 2.47 bits per heavy atom. The average Bonchev–Trinajstić information content (AvgIpc) is 2.87. The van der Waals surface area contributed by atoms with Gasteiger partial charge in [-0.3, -0.25) is 9.69 Å². The van der Waals surface area contributed by atoms with E-state index in [2.05, 4.69) is 13.8 Å². The lowest BCUT2D eigenvalue weighted by molar-refractivity contribution is -0.133. The quantitative estimate of drug-likeness (QED) is 0.735. The second-order valence-corrected chi connectivity index (χ2v) is 6.95. The highest BCUT2D eigenvalue weighted by Gasteiger charge is 2.61. The zero-order valence-corrected chi connectivity index (χ0v) is 12.2. The summed E-state index contributed by atoms with van der Waals surface area (Å²) >= 11 is 0. The fraction of sp³-hybridized carbons (Fsp3) is 0.867. The Morgan fingerprint density at radius 1 is 1.26 bits per heavy atom. The van der Waals surface area contributed by atoms with Crippen molar-refractivity contribution in [3.63, 3.8) is 0 Å². The van der Waals surface area contributed by atoms with Gasteiger partial charge in [-0.05, 0) is 37.5 Å². The normalized spacial score (nSPS) is 33.1. The second-order valence-electron chi connectivity index (χ2n) is 6.95. The van der Waals surface area contributed by atoms with Gasteiger partial charge in [0.05, 0.1) is 0 Å². The molecule has 3 aliphatic rings. The van der Waals surface area contributed by atoms with Crippen LogP contribution in [0.5, 0.6) is 0 Å². The van der Waals surface area contributed by atoms with E-state index < -0.39 is 5.54 Å². The van der Waals surface area contributed by atoms with Gasteiger partial charge < -0.3 is 4.90 Å². The molecule has 4 heteroatoms. The molecular formula is C15H24N2O2.